The smallest absolute Gasteiger partial charge is 0.234 e. The third-order valence-corrected chi connectivity index (χ3v) is 6.41. The Morgan fingerprint density at radius 1 is 0.647 bits per heavy atom. The van der Waals surface area contributed by atoms with Crippen LogP contribution in [0.3, 0.4) is 0 Å². The number of hydrogen-bond acceptors (Lipinski definition) is 8. The highest BCUT2D eigenvalue weighted by Crippen LogP contribution is 2.15. The predicted octanol–water partition coefficient (Wildman–Crippen LogP) is -2.66. The minimum absolute atomic E-state index is 0.0696. The molecule has 1 fully saturated rings. The molecule has 2 unspecified atom stereocenters. The van der Waals surface area contributed by atoms with E-state index < -0.39 is 23.8 Å². The first-order chi connectivity index (χ1) is 16.0. The van der Waals surface area contributed by atoms with Crippen LogP contribution >= 0.6 is 0 Å². The average Bonchev–Trinajstić information content (AvgIpc) is 2.73. The van der Waals surface area contributed by atoms with Crippen molar-refractivity contribution in [2.75, 3.05) is 72.0 Å². The molecule has 1 heterocycles. The van der Waals surface area contributed by atoms with Gasteiger partial charge in [0.05, 0.1) is 25.7 Å². The van der Waals surface area contributed by atoms with Gasteiger partial charge in [-0.25, -0.2) is 0 Å². The molecule has 0 aromatic rings. The van der Waals surface area contributed by atoms with E-state index in [-0.39, 0.29) is 25.5 Å². The summed E-state index contributed by atoms with van der Waals surface area (Å²) in [5, 5.41) is 0. The first-order valence-electron chi connectivity index (χ1n) is 12.1. The van der Waals surface area contributed by atoms with Crippen LogP contribution in [-0.4, -0.2) is 121 Å². The molecule has 1 aliphatic heterocycles. The quantitative estimate of drug-likeness (QED) is 0.231. The van der Waals surface area contributed by atoms with Gasteiger partial charge in [0.1, 0.15) is 0 Å². The highest BCUT2D eigenvalue weighted by molar-refractivity contribution is 5.80. The van der Waals surface area contributed by atoms with Gasteiger partial charge in [-0.15, -0.1) is 0 Å². The zero-order chi connectivity index (χ0) is 25.7. The lowest BCUT2D eigenvalue weighted by Crippen LogP contribution is -2.53. The molecule has 0 aromatic carbocycles. The fraction of sp³-hybridized carbons (Fsp3) is 0.818. The zero-order valence-corrected chi connectivity index (χ0v) is 20.8. The standard InChI is InChI=1S/C22H44N8O4/c1-3-17(2)4-5-18(22(26)34)30-12-10-28(15-20(24)32)8-6-27(14-19(23)31)7-9-29(11-13-30)16-21(25)33/h17-18H,3-16H2,1-2H3,(H2,23,31)(H2,24,32)(H2,25,33)(H2,26,34). The zero-order valence-electron chi connectivity index (χ0n) is 20.8. The molecule has 196 valence electrons. The summed E-state index contributed by atoms with van der Waals surface area (Å²) in [7, 11) is 0. The van der Waals surface area contributed by atoms with E-state index in [1.54, 1.807) is 0 Å². The number of nitrogens with zero attached hydrogens (tertiary/aromatic N) is 4. The molecule has 0 saturated carbocycles. The molecule has 8 N–H and O–H groups in total. The molecular weight excluding hydrogens is 440 g/mol. The summed E-state index contributed by atoms with van der Waals surface area (Å²) in [6.45, 7) is 8.45. The van der Waals surface area contributed by atoms with Gasteiger partial charge in [0.15, 0.2) is 0 Å². The van der Waals surface area contributed by atoms with Crippen LogP contribution in [0.5, 0.6) is 0 Å². The number of amides is 4. The van der Waals surface area contributed by atoms with Crippen LogP contribution < -0.4 is 22.9 Å². The van der Waals surface area contributed by atoms with Gasteiger partial charge in [0, 0.05) is 52.4 Å². The van der Waals surface area contributed by atoms with Gasteiger partial charge in [0.2, 0.25) is 23.6 Å². The Hall–Kier alpha value is -2.28. The summed E-state index contributed by atoms with van der Waals surface area (Å²) < 4.78 is 0. The second-order valence-electron chi connectivity index (χ2n) is 9.27. The maximum absolute atomic E-state index is 12.4. The Balaban J connectivity index is 3.10. The molecule has 12 nitrogen and oxygen atoms in total. The molecule has 34 heavy (non-hydrogen) atoms. The third kappa shape index (κ3) is 12.3. The minimum atomic E-state index is -0.452. The molecule has 4 amide bonds. The normalized spacial score (nSPS) is 20.1. The Kier molecular flexibility index (Phi) is 13.6. The monoisotopic (exact) mass is 484 g/mol. The van der Waals surface area contributed by atoms with Crippen LogP contribution in [0.1, 0.15) is 33.1 Å². The molecule has 0 aromatic heterocycles. The third-order valence-electron chi connectivity index (χ3n) is 6.41. The molecule has 1 rings (SSSR count). The summed E-state index contributed by atoms with van der Waals surface area (Å²) in [6.07, 6.45) is 2.53. The second-order valence-corrected chi connectivity index (χ2v) is 9.27. The lowest BCUT2D eigenvalue weighted by atomic mass is 9.98. The summed E-state index contributed by atoms with van der Waals surface area (Å²) in [4.78, 5) is 55.0. The Morgan fingerprint density at radius 3 is 1.29 bits per heavy atom. The van der Waals surface area contributed by atoms with Crippen molar-refractivity contribution in [1.82, 2.24) is 19.6 Å². The van der Waals surface area contributed by atoms with Crippen molar-refractivity contribution in [3.63, 3.8) is 0 Å². The van der Waals surface area contributed by atoms with Gasteiger partial charge in [0.25, 0.3) is 0 Å². The van der Waals surface area contributed by atoms with Crippen LogP contribution in [0, 0.1) is 5.92 Å². The highest BCUT2D eigenvalue weighted by atomic mass is 16.2. The number of hydrogen-bond donors (Lipinski definition) is 4. The second kappa shape index (κ2) is 15.6. The lowest BCUT2D eigenvalue weighted by molar-refractivity contribution is -0.125. The highest BCUT2D eigenvalue weighted by Gasteiger charge is 2.26. The SMILES string of the molecule is CCC(C)CCC(C(N)=O)N1CCN(CC(N)=O)CCN(CC(N)=O)CCN(CC(N)=O)CC1. The topological polar surface area (TPSA) is 185 Å². The van der Waals surface area contributed by atoms with E-state index in [9.17, 15) is 19.2 Å². The van der Waals surface area contributed by atoms with Gasteiger partial charge < -0.3 is 22.9 Å². The van der Waals surface area contributed by atoms with Gasteiger partial charge in [-0.3, -0.25) is 38.8 Å². The number of carbonyl (C=O) groups excluding carboxylic acids is 4. The molecule has 1 aliphatic rings. The number of primary amides is 4. The average molecular weight is 485 g/mol. The van der Waals surface area contributed by atoms with Gasteiger partial charge in [-0.2, -0.15) is 0 Å². The van der Waals surface area contributed by atoms with Crippen molar-refractivity contribution in [2.45, 2.75) is 39.2 Å². The van der Waals surface area contributed by atoms with E-state index in [0.717, 1.165) is 12.8 Å². The maximum atomic E-state index is 12.4. The molecule has 2 atom stereocenters. The van der Waals surface area contributed by atoms with Crippen LogP contribution in [0.2, 0.25) is 0 Å². The van der Waals surface area contributed by atoms with E-state index in [0.29, 0.717) is 64.7 Å². The summed E-state index contributed by atoms with van der Waals surface area (Å²) in [6, 6.07) is -0.450. The number of carbonyl (C=O) groups is 4. The molecule has 0 spiro atoms. The number of nitrogens with two attached hydrogens (primary N) is 4. The van der Waals surface area contributed by atoms with E-state index in [4.69, 9.17) is 22.9 Å². The molecular formula is C22H44N8O4. The molecule has 1 saturated heterocycles. The number of rotatable bonds is 12. The summed E-state index contributed by atoms with van der Waals surface area (Å²) in [5.74, 6) is -1.26. The van der Waals surface area contributed by atoms with Crippen molar-refractivity contribution in [3.8, 4) is 0 Å². The molecule has 0 bridgehead atoms. The maximum Gasteiger partial charge on any atom is 0.234 e. The van der Waals surface area contributed by atoms with E-state index >= 15 is 0 Å². The van der Waals surface area contributed by atoms with Crippen molar-refractivity contribution >= 4 is 23.6 Å². The first kappa shape index (κ1) is 29.8. The van der Waals surface area contributed by atoms with Crippen molar-refractivity contribution in [1.29, 1.82) is 0 Å². The largest absolute Gasteiger partial charge is 0.369 e. The van der Waals surface area contributed by atoms with Gasteiger partial charge >= 0.3 is 0 Å². The van der Waals surface area contributed by atoms with Crippen LogP contribution in [0.25, 0.3) is 0 Å². The van der Waals surface area contributed by atoms with E-state index in [1.165, 1.54) is 0 Å². The summed E-state index contributed by atoms with van der Waals surface area (Å²) >= 11 is 0. The van der Waals surface area contributed by atoms with Crippen LogP contribution in [0.4, 0.5) is 0 Å². The minimum Gasteiger partial charge on any atom is -0.369 e. The van der Waals surface area contributed by atoms with Gasteiger partial charge in [-0.1, -0.05) is 20.3 Å². The van der Waals surface area contributed by atoms with E-state index in [1.807, 2.05) is 19.6 Å². The van der Waals surface area contributed by atoms with Crippen molar-refractivity contribution in [3.05, 3.63) is 0 Å². The summed E-state index contributed by atoms with van der Waals surface area (Å²) in [5.41, 5.74) is 22.1. The predicted molar refractivity (Wildman–Crippen MR) is 130 cm³/mol. The Labute approximate surface area is 202 Å². The Bertz CT molecular complexity index is 645. The first-order valence-corrected chi connectivity index (χ1v) is 12.1. The fourth-order valence-corrected chi connectivity index (χ4v) is 4.15. The fourth-order valence-electron chi connectivity index (χ4n) is 4.15. The van der Waals surface area contributed by atoms with Crippen molar-refractivity contribution < 1.29 is 19.2 Å². The molecule has 0 aliphatic carbocycles. The van der Waals surface area contributed by atoms with Gasteiger partial charge in [-0.05, 0) is 18.8 Å². The van der Waals surface area contributed by atoms with Crippen molar-refractivity contribution in [2.24, 2.45) is 28.9 Å². The van der Waals surface area contributed by atoms with E-state index in [2.05, 4.69) is 13.8 Å². The van der Waals surface area contributed by atoms with Crippen LogP contribution in [0.15, 0.2) is 0 Å². The Morgan fingerprint density at radius 2 is 1.00 bits per heavy atom. The molecule has 0 radical (unpaired) electrons. The van der Waals surface area contributed by atoms with Crippen LogP contribution in [-0.2, 0) is 19.2 Å². The lowest BCUT2D eigenvalue weighted by Gasteiger charge is -2.36. The molecule has 12 heteroatoms.